The van der Waals surface area contributed by atoms with Crippen LogP contribution in [-0.4, -0.2) is 11.0 Å². The van der Waals surface area contributed by atoms with Gasteiger partial charge in [0.2, 0.25) is 5.91 Å². The fourth-order valence-electron chi connectivity index (χ4n) is 1.35. The highest BCUT2D eigenvalue weighted by Gasteiger charge is 2.37. The Labute approximate surface area is 120 Å². The Morgan fingerprint density at radius 2 is 1.43 bits per heavy atom. The lowest BCUT2D eigenvalue weighted by atomic mass is 10.1. The van der Waals surface area contributed by atoms with E-state index < -0.39 is 40.2 Å². The summed E-state index contributed by atoms with van der Waals surface area (Å²) in [5.74, 6) is -0.615. The molecular formula is C11H8F6N2OS. The Bertz CT molecular complexity index is 535. The quantitative estimate of drug-likeness (QED) is 0.611. The van der Waals surface area contributed by atoms with Crippen LogP contribution in [0.3, 0.4) is 0 Å². The van der Waals surface area contributed by atoms with E-state index >= 15 is 0 Å². The number of thiocarbonyl (C=S) groups is 1. The second-order valence-electron chi connectivity index (χ2n) is 3.93. The molecule has 0 aliphatic heterocycles. The lowest BCUT2D eigenvalue weighted by molar-refractivity contribution is -0.143. The van der Waals surface area contributed by atoms with Gasteiger partial charge in [-0.3, -0.25) is 4.79 Å². The third-order valence-corrected chi connectivity index (χ3v) is 2.34. The van der Waals surface area contributed by atoms with E-state index in [0.29, 0.717) is 12.1 Å². The zero-order chi connectivity index (χ0) is 16.4. The first kappa shape index (κ1) is 17.2. The molecule has 0 aliphatic rings. The monoisotopic (exact) mass is 330 g/mol. The number of hydrogen-bond acceptors (Lipinski definition) is 2. The zero-order valence-electron chi connectivity index (χ0n) is 10.3. The molecule has 0 fully saturated rings. The van der Waals surface area contributed by atoms with E-state index in [2.05, 4.69) is 17.5 Å². The molecule has 0 aromatic heterocycles. The minimum absolute atomic E-state index is 0.00731. The number of hydrogen-bond donors (Lipinski definition) is 2. The Morgan fingerprint density at radius 3 is 1.76 bits per heavy atom. The van der Waals surface area contributed by atoms with Crippen molar-refractivity contribution in [2.75, 3.05) is 5.32 Å². The van der Waals surface area contributed by atoms with E-state index in [4.69, 9.17) is 0 Å². The van der Waals surface area contributed by atoms with Crippen molar-refractivity contribution in [1.29, 1.82) is 0 Å². The van der Waals surface area contributed by atoms with Crippen molar-refractivity contribution >= 4 is 28.9 Å². The summed E-state index contributed by atoms with van der Waals surface area (Å²) in [4.78, 5) is 10.7. The summed E-state index contributed by atoms with van der Waals surface area (Å²) in [7, 11) is 0. The summed E-state index contributed by atoms with van der Waals surface area (Å²) >= 11 is 4.58. The number of rotatable bonds is 1. The van der Waals surface area contributed by atoms with Gasteiger partial charge in [-0.15, -0.1) is 0 Å². The molecule has 0 unspecified atom stereocenters. The highest BCUT2D eigenvalue weighted by molar-refractivity contribution is 7.80. The number of anilines is 1. The van der Waals surface area contributed by atoms with E-state index in [1.54, 1.807) is 0 Å². The lowest BCUT2D eigenvalue weighted by Gasteiger charge is -2.15. The van der Waals surface area contributed by atoms with Crippen molar-refractivity contribution in [1.82, 2.24) is 5.32 Å². The van der Waals surface area contributed by atoms with Gasteiger partial charge in [0.15, 0.2) is 5.11 Å². The van der Waals surface area contributed by atoms with Gasteiger partial charge in [0.25, 0.3) is 0 Å². The van der Waals surface area contributed by atoms with E-state index in [-0.39, 0.29) is 6.07 Å². The van der Waals surface area contributed by atoms with Crippen molar-refractivity contribution in [3.63, 3.8) is 0 Å². The summed E-state index contributed by atoms with van der Waals surface area (Å²) in [6.07, 6.45) is -9.90. The largest absolute Gasteiger partial charge is 0.416 e. The van der Waals surface area contributed by atoms with Gasteiger partial charge in [0.1, 0.15) is 0 Å². The van der Waals surface area contributed by atoms with Gasteiger partial charge in [-0.1, -0.05) is 0 Å². The van der Waals surface area contributed by atoms with Crippen LogP contribution in [0.2, 0.25) is 0 Å². The van der Waals surface area contributed by atoms with Crippen LogP contribution in [0, 0.1) is 0 Å². The average Bonchev–Trinajstić information content (AvgIpc) is 2.24. The third-order valence-electron chi connectivity index (χ3n) is 2.14. The molecule has 0 bridgehead atoms. The minimum Gasteiger partial charge on any atom is -0.332 e. The molecule has 0 saturated carbocycles. The predicted molar refractivity (Wildman–Crippen MR) is 66.5 cm³/mol. The Balaban J connectivity index is 3.20. The molecule has 1 aromatic carbocycles. The van der Waals surface area contributed by atoms with Gasteiger partial charge < -0.3 is 10.6 Å². The molecule has 0 atom stereocenters. The van der Waals surface area contributed by atoms with E-state index in [9.17, 15) is 31.1 Å². The van der Waals surface area contributed by atoms with Crippen LogP contribution in [0.25, 0.3) is 0 Å². The molecule has 0 heterocycles. The van der Waals surface area contributed by atoms with E-state index in [1.807, 2.05) is 5.32 Å². The average molecular weight is 330 g/mol. The molecular weight excluding hydrogens is 322 g/mol. The first-order valence-corrected chi connectivity index (χ1v) is 5.68. The molecule has 3 nitrogen and oxygen atoms in total. The number of carbonyl (C=O) groups excluding carboxylic acids is 1. The fourth-order valence-corrected chi connectivity index (χ4v) is 1.61. The van der Waals surface area contributed by atoms with Crippen LogP contribution >= 0.6 is 12.2 Å². The first-order chi connectivity index (χ1) is 9.39. The smallest absolute Gasteiger partial charge is 0.332 e. The number of nitrogens with one attached hydrogen (secondary N) is 2. The molecule has 0 aliphatic carbocycles. The summed E-state index contributed by atoms with van der Waals surface area (Å²) in [6, 6.07) is 0.916. The van der Waals surface area contributed by atoms with Gasteiger partial charge in [-0.2, -0.15) is 26.3 Å². The molecule has 2 N–H and O–H groups in total. The van der Waals surface area contributed by atoms with Crippen LogP contribution < -0.4 is 10.6 Å². The molecule has 116 valence electrons. The SMILES string of the molecule is CC(=O)NC(=S)Nc1cc(C(F)(F)F)cc(C(F)(F)F)c1. The fraction of sp³-hybridized carbons (Fsp3) is 0.273. The topological polar surface area (TPSA) is 41.1 Å². The number of alkyl halides is 6. The van der Waals surface area contributed by atoms with Crippen LogP contribution in [0.4, 0.5) is 32.0 Å². The summed E-state index contributed by atoms with van der Waals surface area (Å²) in [6.45, 7) is 1.08. The van der Waals surface area contributed by atoms with Gasteiger partial charge in [0.05, 0.1) is 11.1 Å². The standard InChI is InChI=1S/C11H8F6N2OS/c1-5(20)18-9(21)19-8-3-6(10(12,13)14)2-7(4-8)11(15,16)17/h2-4H,1H3,(H2,18,19,20,21). The Hall–Kier alpha value is -1.84. The van der Waals surface area contributed by atoms with Crippen molar-refractivity contribution in [2.24, 2.45) is 0 Å². The van der Waals surface area contributed by atoms with E-state index in [1.165, 1.54) is 0 Å². The minimum atomic E-state index is -4.95. The summed E-state index contributed by atoms with van der Waals surface area (Å²) in [5.41, 5.74) is -3.49. The second-order valence-corrected chi connectivity index (χ2v) is 4.34. The molecule has 21 heavy (non-hydrogen) atoms. The maximum absolute atomic E-state index is 12.6. The van der Waals surface area contributed by atoms with Gasteiger partial charge >= 0.3 is 12.4 Å². The number of amides is 1. The van der Waals surface area contributed by atoms with Crippen LogP contribution in [-0.2, 0) is 17.1 Å². The normalized spacial score (nSPS) is 12.0. The van der Waals surface area contributed by atoms with Crippen LogP contribution in [0.1, 0.15) is 18.1 Å². The number of benzene rings is 1. The van der Waals surface area contributed by atoms with Crippen LogP contribution in [0.15, 0.2) is 18.2 Å². The summed E-state index contributed by atoms with van der Waals surface area (Å²) in [5, 5.41) is 3.72. The van der Waals surface area contributed by atoms with Gasteiger partial charge in [-0.05, 0) is 30.4 Å². The maximum Gasteiger partial charge on any atom is 0.416 e. The third kappa shape index (κ3) is 5.21. The Morgan fingerprint density at radius 1 is 1.00 bits per heavy atom. The van der Waals surface area contributed by atoms with Crippen molar-refractivity contribution < 1.29 is 31.1 Å². The molecule has 10 heteroatoms. The summed E-state index contributed by atoms with van der Waals surface area (Å²) < 4.78 is 75.5. The molecule has 1 rings (SSSR count). The molecule has 1 aromatic rings. The maximum atomic E-state index is 12.6. The lowest BCUT2D eigenvalue weighted by Crippen LogP contribution is -2.32. The zero-order valence-corrected chi connectivity index (χ0v) is 11.1. The number of carbonyl (C=O) groups is 1. The first-order valence-electron chi connectivity index (χ1n) is 5.27. The number of halogens is 6. The molecule has 1 amide bonds. The van der Waals surface area contributed by atoms with Gasteiger partial charge in [0, 0.05) is 12.6 Å². The van der Waals surface area contributed by atoms with Gasteiger partial charge in [-0.25, -0.2) is 0 Å². The Kier molecular flexibility index (Phi) is 4.82. The molecule has 0 radical (unpaired) electrons. The van der Waals surface area contributed by atoms with Crippen molar-refractivity contribution in [3.8, 4) is 0 Å². The van der Waals surface area contributed by atoms with Crippen molar-refractivity contribution in [3.05, 3.63) is 29.3 Å². The van der Waals surface area contributed by atoms with E-state index in [0.717, 1.165) is 6.92 Å². The predicted octanol–water partition coefficient (Wildman–Crippen LogP) is 3.56. The highest BCUT2D eigenvalue weighted by atomic mass is 32.1. The van der Waals surface area contributed by atoms with Crippen molar-refractivity contribution in [2.45, 2.75) is 19.3 Å². The van der Waals surface area contributed by atoms with Crippen LogP contribution in [0.5, 0.6) is 0 Å². The highest BCUT2D eigenvalue weighted by Crippen LogP contribution is 2.37. The molecule has 0 saturated heterocycles. The second kappa shape index (κ2) is 5.88. The molecule has 0 spiro atoms.